The van der Waals surface area contributed by atoms with Gasteiger partial charge >= 0.3 is 0 Å². The van der Waals surface area contributed by atoms with Crippen LogP contribution in [0.3, 0.4) is 0 Å². The molecule has 100 valence electrons. The van der Waals surface area contributed by atoms with Crippen LogP contribution in [0.15, 0.2) is 45.3 Å². The van der Waals surface area contributed by atoms with Crippen molar-refractivity contribution in [2.75, 3.05) is 5.32 Å². The molecule has 2 aromatic carbocycles. The number of halogens is 2. The van der Waals surface area contributed by atoms with Crippen LogP contribution in [0.4, 0.5) is 5.69 Å². The maximum atomic E-state index is 10.0. The van der Waals surface area contributed by atoms with E-state index in [1.54, 1.807) is 6.07 Å². The average molecular weight is 385 g/mol. The molecule has 1 atom stereocenters. The van der Waals surface area contributed by atoms with E-state index in [4.69, 9.17) is 0 Å². The van der Waals surface area contributed by atoms with Crippen molar-refractivity contribution in [2.45, 2.75) is 19.9 Å². The first-order valence-corrected chi connectivity index (χ1v) is 7.57. The Kier molecular flexibility index (Phi) is 4.53. The zero-order chi connectivity index (χ0) is 14.0. The Labute approximate surface area is 130 Å². The minimum atomic E-state index is 0.00981. The molecule has 0 saturated heterocycles. The van der Waals surface area contributed by atoms with E-state index in [1.807, 2.05) is 44.2 Å². The van der Waals surface area contributed by atoms with Gasteiger partial charge in [0.15, 0.2) is 0 Å². The zero-order valence-corrected chi connectivity index (χ0v) is 13.9. The molecule has 2 nitrogen and oxygen atoms in total. The molecule has 0 radical (unpaired) electrons. The molecule has 0 saturated carbocycles. The van der Waals surface area contributed by atoms with Gasteiger partial charge in [0, 0.05) is 14.5 Å². The second kappa shape index (κ2) is 5.97. The van der Waals surface area contributed by atoms with E-state index in [1.165, 1.54) is 0 Å². The number of hydrogen-bond donors (Lipinski definition) is 2. The topological polar surface area (TPSA) is 32.3 Å². The minimum absolute atomic E-state index is 0.00981. The van der Waals surface area contributed by atoms with Crippen molar-refractivity contribution in [3.8, 4) is 5.75 Å². The van der Waals surface area contributed by atoms with E-state index in [9.17, 15) is 5.11 Å². The molecule has 2 aromatic rings. The lowest BCUT2D eigenvalue weighted by molar-refractivity contribution is 0.465. The normalized spacial score (nSPS) is 12.2. The fourth-order valence-electron chi connectivity index (χ4n) is 1.95. The van der Waals surface area contributed by atoms with Gasteiger partial charge in [-0.15, -0.1) is 0 Å². The lowest BCUT2D eigenvalue weighted by Crippen LogP contribution is -2.08. The number of hydrogen-bond acceptors (Lipinski definition) is 2. The molecular formula is C15H15Br2NO. The van der Waals surface area contributed by atoms with Crippen LogP contribution >= 0.6 is 31.9 Å². The summed E-state index contributed by atoms with van der Waals surface area (Å²) < 4.78 is 1.97. The van der Waals surface area contributed by atoms with Gasteiger partial charge in [0.2, 0.25) is 0 Å². The number of benzene rings is 2. The molecule has 2 rings (SSSR count). The number of nitrogens with one attached hydrogen (secondary N) is 1. The van der Waals surface area contributed by atoms with Crippen molar-refractivity contribution in [2.24, 2.45) is 0 Å². The number of phenols is 1. The number of anilines is 1. The molecule has 0 bridgehead atoms. The summed E-state index contributed by atoms with van der Waals surface area (Å²) in [6.45, 7) is 3.99. The highest BCUT2D eigenvalue weighted by atomic mass is 79.9. The van der Waals surface area contributed by atoms with Crippen LogP contribution in [-0.4, -0.2) is 5.11 Å². The van der Waals surface area contributed by atoms with Gasteiger partial charge < -0.3 is 10.4 Å². The highest BCUT2D eigenvalue weighted by molar-refractivity contribution is 9.11. The van der Waals surface area contributed by atoms with Crippen molar-refractivity contribution < 1.29 is 5.11 Å². The molecule has 0 aromatic heterocycles. The number of aryl methyl sites for hydroxylation is 1. The van der Waals surface area contributed by atoms with Gasteiger partial charge in [-0.1, -0.05) is 18.2 Å². The van der Waals surface area contributed by atoms with Crippen LogP contribution in [0.1, 0.15) is 24.1 Å². The summed E-state index contributed by atoms with van der Waals surface area (Å²) in [6.07, 6.45) is 0. The van der Waals surface area contributed by atoms with Gasteiger partial charge in [-0.2, -0.15) is 0 Å². The molecule has 19 heavy (non-hydrogen) atoms. The van der Waals surface area contributed by atoms with Gasteiger partial charge in [-0.3, -0.25) is 0 Å². The van der Waals surface area contributed by atoms with E-state index in [2.05, 4.69) is 37.2 Å². The molecule has 0 heterocycles. The monoisotopic (exact) mass is 383 g/mol. The second-order valence-corrected chi connectivity index (χ2v) is 6.23. The lowest BCUT2D eigenvalue weighted by Gasteiger charge is -2.19. The van der Waals surface area contributed by atoms with Gasteiger partial charge in [-0.25, -0.2) is 0 Å². The molecule has 0 aliphatic carbocycles. The van der Waals surface area contributed by atoms with E-state index < -0.39 is 0 Å². The molecular weight excluding hydrogens is 370 g/mol. The van der Waals surface area contributed by atoms with E-state index in [-0.39, 0.29) is 6.04 Å². The van der Waals surface area contributed by atoms with Crippen LogP contribution in [-0.2, 0) is 0 Å². The number of aromatic hydroxyl groups is 1. The van der Waals surface area contributed by atoms with Gasteiger partial charge in [0.25, 0.3) is 0 Å². The molecule has 1 unspecified atom stereocenters. The Bertz CT molecular complexity index is 578. The molecule has 4 heteroatoms. The van der Waals surface area contributed by atoms with Crippen molar-refractivity contribution in [3.05, 3.63) is 56.5 Å². The Morgan fingerprint density at radius 1 is 1.11 bits per heavy atom. The lowest BCUT2D eigenvalue weighted by atomic mass is 10.0. The maximum absolute atomic E-state index is 10.0. The zero-order valence-electron chi connectivity index (χ0n) is 10.7. The fourth-order valence-corrected chi connectivity index (χ4v) is 3.18. The van der Waals surface area contributed by atoms with Crippen molar-refractivity contribution in [1.82, 2.24) is 0 Å². The third kappa shape index (κ3) is 3.31. The van der Waals surface area contributed by atoms with Crippen LogP contribution in [0.2, 0.25) is 0 Å². The van der Waals surface area contributed by atoms with Crippen molar-refractivity contribution >= 4 is 37.5 Å². The third-order valence-corrected chi connectivity index (χ3v) is 4.30. The van der Waals surface area contributed by atoms with Crippen molar-refractivity contribution in [3.63, 3.8) is 0 Å². The minimum Gasteiger partial charge on any atom is -0.508 e. The van der Waals surface area contributed by atoms with Crippen molar-refractivity contribution in [1.29, 1.82) is 0 Å². The van der Waals surface area contributed by atoms with Crippen LogP contribution < -0.4 is 5.32 Å². The van der Waals surface area contributed by atoms with Gasteiger partial charge in [-0.05, 0) is 69.5 Å². The Morgan fingerprint density at radius 2 is 1.74 bits per heavy atom. The first-order chi connectivity index (χ1) is 8.99. The highest BCUT2D eigenvalue weighted by Gasteiger charge is 2.13. The van der Waals surface area contributed by atoms with Gasteiger partial charge in [0.05, 0.1) is 11.7 Å². The summed E-state index contributed by atoms with van der Waals surface area (Å²) in [5, 5.41) is 13.4. The Morgan fingerprint density at radius 3 is 2.32 bits per heavy atom. The standard InChI is InChI=1S/C15H15Br2NO/c1-9-6-7-11(14(19)8-9)10(2)18-15-12(16)4-3-5-13(15)17/h3-8,10,18-19H,1-2H3. The first-order valence-electron chi connectivity index (χ1n) is 5.99. The molecule has 0 aliphatic rings. The summed E-state index contributed by atoms with van der Waals surface area (Å²) in [5.74, 6) is 0.322. The average Bonchev–Trinajstić information content (AvgIpc) is 2.33. The van der Waals surface area contributed by atoms with Crippen LogP contribution in [0.5, 0.6) is 5.75 Å². The fraction of sp³-hybridized carbons (Fsp3) is 0.200. The number of phenolic OH excluding ortho intramolecular Hbond substituents is 1. The SMILES string of the molecule is Cc1ccc(C(C)Nc2c(Br)cccc2Br)c(O)c1. The third-order valence-electron chi connectivity index (χ3n) is 2.98. The summed E-state index contributed by atoms with van der Waals surface area (Å²) in [6, 6.07) is 11.7. The summed E-state index contributed by atoms with van der Waals surface area (Å²) >= 11 is 7.05. The van der Waals surface area contributed by atoms with E-state index in [0.717, 1.165) is 25.8 Å². The predicted octanol–water partition coefficient (Wildman–Crippen LogP) is 5.40. The molecule has 2 N–H and O–H groups in total. The second-order valence-electron chi connectivity index (χ2n) is 4.52. The Hall–Kier alpha value is -1.00. The van der Waals surface area contributed by atoms with Crippen LogP contribution in [0.25, 0.3) is 0 Å². The molecule has 0 amide bonds. The quantitative estimate of drug-likeness (QED) is 0.742. The highest BCUT2D eigenvalue weighted by Crippen LogP contribution is 2.35. The maximum Gasteiger partial charge on any atom is 0.121 e. The predicted molar refractivity (Wildman–Crippen MR) is 86.7 cm³/mol. The smallest absolute Gasteiger partial charge is 0.121 e. The molecule has 0 aliphatic heterocycles. The summed E-state index contributed by atoms with van der Waals surface area (Å²) in [7, 11) is 0. The van der Waals surface area contributed by atoms with Gasteiger partial charge in [0.1, 0.15) is 5.75 Å². The van der Waals surface area contributed by atoms with E-state index in [0.29, 0.717) is 5.75 Å². The number of para-hydroxylation sites is 1. The van der Waals surface area contributed by atoms with Crippen LogP contribution in [0, 0.1) is 6.92 Å². The first kappa shape index (κ1) is 14.4. The molecule has 0 fully saturated rings. The summed E-state index contributed by atoms with van der Waals surface area (Å²) in [4.78, 5) is 0. The molecule has 0 spiro atoms. The van der Waals surface area contributed by atoms with E-state index >= 15 is 0 Å². The largest absolute Gasteiger partial charge is 0.508 e. The Balaban J connectivity index is 2.28. The summed E-state index contributed by atoms with van der Waals surface area (Å²) in [5.41, 5.74) is 2.92. The number of rotatable bonds is 3.